The first kappa shape index (κ1) is 10.1. The number of nitro benzene ring substituents is 1. The van der Waals surface area contributed by atoms with Crippen molar-refractivity contribution in [1.82, 2.24) is 4.90 Å². The standard InChI is InChI=1S/C10H13N3O2/c11-9-6-12(7-9)5-8-3-1-2-4-10(8)13(14)15/h1-4,9H,5-7,11H2. The second-order valence-electron chi connectivity index (χ2n) is 3.84. The van der Waals surface area contributed by atoms with Crippen LogP contribution in [0.25, 0.3) is 0 Å². The van der Waals surface area contributed by atoms with E-state index in [-0.39, 0.29) is 16.7 Å². The van der Waals surface area contributed by atoms with Crippen molar-refractivity contribution in [1.29, 1.82) is 0 Å². The predicted molar refractivity (Wildman–Crippen MR) is 56.3 cm³/mol. The molecule has 0 atom stereocenters. The van der Waals surface area contributed by atoms with E-state index in [0.717, 1.165) is 18.7 Å². The third kappa shape index (κ3) is 2.14. The normalized spacial score (nSPS) is 17.4. The average molecular weight is 207 g/mol. The first-order valence-corrected chi connectivity index (χ1v) is 4.87. The van der Waals surface area contributed by atoms with Crippen LogP contribution in [-0.2, 0) is 6.54 Å². The number of likely N-dealkylation sites (tertiary alicyclic amines) is 1. The SMILES string of the molecule is NC1CN(Cc2ccccc2[N+](=O)[O-])C1. The van der Waals surface area contributed by atoms with Crippen LogP contribution in [0.4, 0.5) is 5.69 Å². The van der Waals surface area contributed by atoms with Gasteiger partial charge in [-0.15, -0.1) is 0 Å². The molecular formula is C10H13N3O2. The number of para-hydroxylation sites is 1. The monoisotopic (exact) mass is 207 g/mol. The molecular weight excluding hydrogens is 194 g/mol. The summed E-state index contributed by atoms with van der Waals surface area (Å²) in [5, 5.41) is 10.7. The topological polar surface area (TPSA) is 72.4 Å². The second-order valence-corrected chi connectivity index (χ2v) is 3.84. The number of hydrogen-bond donors (Lipinski definition) is 1. The minimum Gasteiger partial charge on any atom is -0.325 e. The van der Waals surface area contributed by atoms with Gasteiger partial charge >= 0.3 is 0 Å². The van der Waals surface area contributed by atoms with Crippen LogP contribution in [0.2, 0.25) is 0 Å². The highest BCUT2D eigenvalue weighted by Crippen LogP contribution is 2.21. The zero-order valence-electron chi connectivity index (χ0n) is 8.30. The van der Waals surface area contributed by atoms with Crippen LogP contribution in [0.5, 0.6) is 0 Å². The van der Waals surface area contributed by atoms with Gasteiger partial charge in [-0.1, -0.05) is 18.2 Å². The molecule has 0 radical (unpaired) electrons. The summed E-state index contributed by atoms with van der Waals surface area (Å²) in [6.07, 6.45) is 0. The Morgan fingerprint density at radius 2 is 2.13 bits per heavy atom. The Balaban J connectivity index is 2.10. The molecule has 1 aromatic rings. The summed E-state index contributed by atoms with van der Waals surface area (Å²) in [6.45, 7) is 2.27. The molecule has 1 fully saturated rings. The van der Waals surface area contributed by atoms with Crippen molar-refractivity contribution in [3.05, 3.63) is 39.9 Å². The molecule has 80 valence electrons. The van der Waals surface area contributed by atoms with Gasteiger partial charge in [0.15, 0.2) is 0 Å². The van der Waals surface area contributed by atoms with E-state index in [9.17, 15) is 10.1 Å². The first-order valence-electron chi connectivity index (χ1n) is 4.87. The summed E-state index contributed by atoms with van der Waals surface area (Å²) in [5.74, 6) is 0. The van der Waals surface area contributed by atoms with Crippen molar-refractivity contribution in [2.24, 2.45) is 5.73 Å². The number of nitrogens with zero attached hydrogens (tertiary/aromatic N) is 2. The number of benzene rings is 1. The lowest BCUT2D eigenvalue weighted by Gasteiger charge is -2.36. The van der Waals surface area contributed by atoms with Gasteiger partial charge in [-0.2, -0.15) is 0 Å². The fraction of sp³-hybridized carbons (Fsp3) is 0.400. The van der Waals surface area contributed by atoms with Gasteiger partial charge in [0, 0.05) is 37.3 Å². The van der Waals surface area contributed by atoms with Crippen LogP contribution < -0.4 is 5.73 Å². The van der Waals surface area contributed by atoms with Crippen molar-refractivity contribution >= 4 is 5.69 Å². The van der Waals surface area contributed by atoms with Crippen LogP contribution in [0.3, 0.4) is 0 Å². The molecule has 0 aliphatic carbocycles. The van der Waals surface area contributed by atoms with Crippen LogP contribution in [0, 0.1) is 10.1 Å². The molecule has 1 aliphatic heterocycles. The summed E-state index contributed by atoms with van der Waals surface area (Å²) < 4.78 is 0. The maximum absolute atomic E-state index is 10.7. The zero-order valence-corrected chi connectivity index (χ0v) is 8.30. The summed E-state index contributed by atoms with van der Waals surface area (Å²) in [7, 11) is 0. The highest BCUT2D eigenvalue weighted by molar-refractivity contribution is 5.39. The lowest BCUT2D eigenvalue weighted by molar-refractivity contribution is -0.385. The Labute approximate surface area is 87.6 Å². The third-order valence-corrected chi connectivity index (χ3v) is 2.57. The molecule has 1 aromatic carbocycles. The Kier molecular flexibility index (Phi) is 2.66. The molecule has 0 amide bonds. The van der Waals surface area contributed by atoms with Gasteiger partial charge < -0.3 is 5.73 Å². The average Bonchev–Trinajstić information content (AvgIpc) is 2.16. The van der Waals surface area contributed by atoms with Gasteiger partial charge in [0.1, 0.15) is 0 Å². The van der Waals surface area contributed by atoms with Gasteiger partial charge in [0.05, 0.1) is 4.92 Å². The zero-order chi connectivity index (χ0) is 10.8. The second kappa shape index (κ2) is 3.96. The maximum Gasteiger partial charge on any atom is 0.273 e. The summed E-state index contributed by atoms with van der Waals surface area (Å²) >= 11 is 0. The summed E-state index contributed by atoms with van der Waals surface area (Å²) in [4.78, 5) is 12.5. The van der Waals surface area contributed by atoms with E-state index in [4.69, 9.17) is 5.73 Å². The van der Waals surface area contributed by atoms with Gasteiger partial charge in [0.25, 0.3) is 5.69 Å². The van der Waals surface area contributed by atoms with E-state index in [1.807, 2.05) is 6.07 Å². The van der Waals surface area contributed by atoms with Gasteiger partial charge in [-0.05, 0) is 0 Å². The smallest absolute Gasteiger partial charge is 0.273 e. The summed E-state index contributed by atoms with van der Waals surface area (Å²) in [6, 6.07) is 7.07. The van der Waals surface area contributed by atoms with Crippen LogP contribution in [0.15, 0.2) is 24.3 Å². The molecule has 0 saturated carbocycles. The minimum atomic E-state index is -0.338. The molecule has 5 nitrogen and oxygen atoms in total. The van der Waals surface area contributed by atoms with E-state index in [1.165, 1.54) is 6.07 Å². The summed E-state index contributed by atoms with van der Waals surface area (Å²) in [5.41, 5.74) is 6.60. The number of hydrogen-bond acceptors (Lipinski definition) is 4. The van der Waals surface area contributed by atoms with Crippen molar-refractivity contribution in [2.75, 3.05) is 13.1 Å². The molecule has 1 aliphatic rings. The third-order valence-electron chi connectivity index (χ3n) is 2.57. The molecule has 2 N–H and O–H groups in total. The molecule has 0 aromatic heterocycles. The highest BCUT2D eigenvalue weighted by atomic mass is 16.6. The van der Waals surface area contributed by atoms with E-state index in [2.05, 4.69) is 4.90 Å². The maximum atomic E-state index is 10.7. The highest BCUT2D eigenvalue weighted by Gasteiger charge is 2.25. The molecule has 0 bridgehead atoms. The minimum absolute atomic E-state index is 0.193. The quantitative estimate of drug-likeness (QED) is 0.586. The van der Waals surface area contributed by atoms with E-state index < -0.39 is 0 Å². The van der Waals surface area contributed by atoms with Crippen LogP contribution in [0.1, 0.15) is 5.56 Å². The molecule has 0 spiro atoms. The Morgan fingerprint density at radius 1 is 1.47 bits per heavy atom. The van der Waals surface area contributed by atoms with Gasteiger partial charge in [0.2, 0.25) is 0 Å². The van der Waals surface area contributed by atoms with Gasteiger partial charge in [-0.3, -0.25) is 15.0 Å². The molecule has 2 rings (SSSR count). The van der Waals surface area contributed by atoms with Crippen LogP contribution >= 0.6 is 0 Å². The molecule has 1 heterocycles. The van der Waals surface area contributed by atoms with Crippen molar-refractivity contribution in [3.63, 3.8) is 0 Å². The lowest BCUT2D eigenvalue weighted by Crippen LogP contribution is -2.54. The van der Waals surface area contributed by atoms with Crippen molar-refractivity contribution < 1.29 is 4.92 Å². The largest absolute Gasteiger partial charge is 0.325 e. The fourth-order valence-corrected chi connectivity index (χ4v) is 1.80. The van der Waals surface area contributed by atoms with Crippen molar-refractivity contribution in [3.8, 4) is 0 Å². The number of nitrogens with two attached hydrogens (primary N) is 1. The predicted octanol–water partition coefficient (Wildman–Crippen LogP) is 0.738. The van der Waals surface area contributed by atoms with Crippen molar-refractivity contribution in [2.45, 2.75) is 12.6 Å². The molecule has 15 heavy (non-hydrogen) atoms. The molecule has 5 heteroatoms. The number of nitro groups is 1. The van der Waals surface area contributed by atoms with E-state index in [0.29, 0.717) is 6.54 Å². The first-order chi connectivity index (χ1) is 7.16. The lowest BCUT2D eigenvalue weighted by atomic mass is 10.1. The van der Waals surface area contributed by atoms with E-state index >= 15 is 0 Å². The fourth-order valence-electron chi connectivity index (χ4n) is 1.80. The van der Waals surface area contributed by atoms with Crippen LogP contribution in [-0.4, -0.2) is 29.0 Å². The van der Waals surface area contributed by atoms with E-state index in [1.54, 1.807) is 12.1 Å². The Hall–Kier alpha value is -1.46. The molecule has 1 saturated heterocycles. The number of rotatable bonds is 3. The molecule has 0 unspecified atom stereocenters. The Morgan fingerprint density at radius 3 is 2.73 bits per heavy atom. The Bertz CT molecular complexity index is 375. The van der Waals surface area contributed by atoms with Gasteiger partial charge in [-0.25, -0.2) is 0 Å².